The zero-order valence-corrected chi connectivity index (χ0v) is 26.0. The van der Waals surface area contributed by atoms with E-state index in [0.29, 0.717) is 21.5 Å². The van der Waals surface area contributed by atoms with E-state index < -0.39 is 0 Å². The molecule has 0 bridgehead atoms. The van der Waals surface area contributed by atoms with Gasteiger partial charge in [-0.25, -0.2) is 0 Å². The van der Waals surface area contributed by atoms with Gasteiger partial charge in [0, 0.05) is 27.2 Å². The molecule has 1 atom stereocenters. The molecule has 0 aromatic heterocycles. The first-order chi connectivity index (χ1) is 19.2. The average molecular weight is 584 g/mol. The van der Waals surface area contributed by atoms with E-state index in [-0.39, 0.29) is 23.8 Å². The zero-order chi connectivity index (χ0) is 29.5. The summed E-state index contributed by atoms with van der Waals surface area (Å²) in [6.45, 7) is 10.4. The maximum atomic E-state index is 12.4. The topological polar surface area (TPSA) is 58.2 Å². The fourth-order valence-corrected chi connectivity index (χ4v) is 5.08. The first kappa shape index (κ1) is 33.4. The summed E-state index contributed by atoms with van der Waals surface area (Å²) in [5.41, 5.74) is 3.85. The lowest BCUT2D eigenvalue weighted by molar-refractivity contribution is -0.118. The Bertz CT molecular complexity index is 1170. The molecule has 0 aliphatic heterocycles. The number of amides is 2. The summed E-state index contributed by atoms with van der Waals surface area (Å²) in [4.78, 5) is 24.1. The summed E-state index contributed by atoms with van der Waals surface area (Å²) < 4.78 is 0. The Morgan fingerprint density at radius 1 is 0.725 bits per heavy atom. The van der Waals surface area contributed by atoms with Gasteiger partial charge in [-0.15, -0.1) is 0 Å². The van der Waals surface area contributed by atoms with E-state index in [9.17, 15) is 9.59 Å². The smallest absolute Gasteiger partial charge is 0.251 e. The fraction of sp³-hybridized carbons (Fsp3) is 0.412. The second-order valence-corrected chi connectivity index (χ2v) is 11.3. The van der Waals surface area contributed by atoms with Crippen LogP contribution < -0.4 is 10.6 Å². The Morgan fingerprint density at radius 2 is 1.30 bits per heavy atom. The zero-order valence-electron chi connectivity index (χ0n) is 24.5. The molecular formula is C34H44Cl2N2O2. The third-order valence-electron chi connectivity index (χ3n) is 6.63. The minimum absolute atomic E-state index is 0.0125. The van der Waals surface area contributed by atoms with E-state index in [1.165, 1.54) is 31.2 Å². The van der Waals surface area contributed by atoms with Gasteiger partial charge in [-0.2, -0.15) is 0 Å². The molecular weight excluding hydrogens is 539 g/mol. The molecule has 6 heteroatoms. The van der Waals surface area contributed by atoms with E-state index in [2.05, 4.69) is 43.5 Å². The van der Waals surface area contributed by atoms with Crippen molar-refractivity contribution in [3.63, 3.8) is 0 Å². The van der Waals surface area contributed by atoms with Gasteiger partial charge >= 0.3 is 0 Å². The lowest BCUT2D eigenvalue weighted by Crippen LogP contribution is -2.28. The third-order valence-corrected chi connectivity index (χ3v) is 7.07. The van der Waals surface area contributed by atoms with Gasteiger partial charge in [0.25, 0.3) is 5.91 Å². The molecule has 3 aromatic rings. The second kappa shape index (κ2) is 17.8. The summed E-state index contributed by atoms with van der Waals surface area (Å²) in [7, 11) is 0. The van der Waals surface area contributed by atoms with Crippen LogP contribution in [0.25, 0.3) is 0 Å². The molecule has 0 radical (unpaired) electrons. The molecule has 0 aliphatic carbocycles. The third kappa shape index (κ3) is 11.3. The molecule has 3 aromatic carbocycles. The molecule has 4 nitrogen and oxygen atoms in total. The quantitative estimate of drug-likeness (QED) is 0.223. The van der Waals surface area contributed by atoms with Gasteiger partial charge in [-0.1, -0.05) is 120 Å². The van der Waals surface area contributed by atoms with Crippen LogP contribution in [0.3, 0.4) is 0 Å². The molecule has 0 heterocycles. The molecule has 0 spiro atoms. The summed E-state index contributed by atoms with van der Waals surface area (Å²) in [6.07, 6.45) is 6.70. The van der Waals surface area contributed by atoms with Crippen LogP contribution in [0, 0.1) is 5.92 Å². The van der Waals surface area contributed by atoms with Gasteiger partial charge in [0.15, 0.2) is 0 Å². The lowest BCUT2D eigenvalue weighted by Gasteiger charge is -2.19. The van der Waals surface area contributed by atoms with Gasteiger partial charge in [0.1, 0.15) is 0 Å². The van der Waals surface area contributed by atoms with Crippen LogP contribution >= 0.6 is 23.2 Å². The average Bonchev–Trinajstić information content (AvgIpc) is 2.93. The van der Waals surface area contributed by atoms with Crippen molar-refractivity contribution < 1.29 is 9.59 Å². The minimum Gasteiger partial charge on any atom is -0.345 e. The second-order valence-electron chi connectivity index (χ2n) is 10.4. The Morgan fingerprint density at radius 3 is 1.85 bits per heavy atom. The minimum atomic E-state index is -0.165. The highest BCUT2D eigenvalue weighted by atomic mass is 35.5. The Labute approximate surface area is 250 Å². The summed E-state index contributed by atoms with van der Waals surface area (Å²) >= 11 is 11.9. The van der Waals surface area contributed by atoms with E-state index in [1.807, 2.05) is 56.3 Å². The van der Waals surface area contributed by atoms with Crippen molar-refractivity contribution in [3.8, 4) is 0 Å². The van der Waals surface area contributed by atoms with Crippen molar-refractivity contribution in [2.75, 3.05) is 5.32 Å². The molecule has 0 saturated carbocycles. The highest BCUT2D eigenvalue weighted by Crippen LogP contribution is 2.28. The summed E-state index contributed by atoms with van der Waals surface area (Å²) in [5.74, 6) is 0.554. The highest BCUT2D eigenvalue weighted by molar-refractivity contribution is 6.35. The van der Waals surface area contributed by atoms with Crippen LogP contribution in [0.15, 0.2) is 72.8 Å². The Kier molecular flexibility index (Phi) is 14.8. The van der Waals surface area contributed by atoms with Crippen LogP contribution in [-0.4, -0.2) is 11.8 Å². The van der Waals surface area contributed by atoms with Crippen molar-refractivity contribution in [2.24, 2.45) is 5.92 Å². The lowest BCUT2D eigenvalue weighted by atomic mass is 9.90. The fourth-order valence-electron chi connectivity index (χ4n) is 4.55. The number of nitrogens with one attached hydrogen (secondary N) is 2. The number of carbonyl (C=O) groups is 2. The van der Waals surface area contributed by atoms with Gasteiger partial charge in [-0.05, 0) is 66.6 Å². The molecule has 3 rings (SSSR count). The first-order valence-electron chi connectivity index (χ1n) is 14.4. The number of rotatable bonds is 12. The van der Waals surface area contributed by atoms with Crippen molar-refractivity contribution in [1.82, 2.24) is 5.32 Å². The number of carbonyl (C=O) groups excluding carboxylic acids is 2. The van der Waals surface area contributed by atoms with Gasteiger partial charge < -0.3 is 10.6 Å². The molecule has 2 amide bonds. The number of anilines is 1. The van der Waals surface area contributed by atoms with Crippen molar-refractivity contribution >= 4 is 40.7 Å². The molecule has 2 N–H and O–H groups in total. The van der Waals surface area contributed by atoms with Crippen LogP contribution in [-0.2, 0) is 4.79 Å². The standard InChI is InChI=1S/C17H17Cl2NO.C17H27NO/c1-2-6-16(12-7-4-3-5-8-12)20-17(21)13-9-14(18)11-15(19)10-13;1-5-8-14(9-6-2)15-10-7-11-16(12-15)18-17(19)13(3)4/h3-5,7-11,16H,2,6H2,1H3,(H,20,21);7,10-14H,5-6,8-9H2,1-4H3,(H,18,19). The normalized spacial score (nSPS) is 11.5. The first-order valence-corrected chi connectivity index (χ1v) is 15.2. The number of benzene rings is 3. The number of hydrogen-bond donors (Lipinski definition) is 2. The monoisotopic (exact) mass is 582 g/mol. The Balaban J connectivity index is 0.000000282. The van der Waals surface area contributed by atoms with Gasteiger partial charge in [0.2, 0.25) is 5.91 Å². The molecule has 40 heavy (non-hydrogen) atoms. The largest absolute Gasteiger partial charge is 0.345 e. The predicted octanol–water partition coefficient (Wildman–Crippen LogP) is 10.2. The van der Waals surface area contributed by atoms with E-state index >= 15 is 0 Å². The van der Waals surface area contributed by atoms with Crippen LogP contribution in [0.1, 0.15) is 107 Å². The summed E-state index contributed by atoms with van der Waals surface area (Å²) in [5, 5.41) is 6.95. The number of hydrogen-bond acceptors (Lipinski definition) is 2. The van der Waals surface area contributed by atoms with E-state index in [0.717, 1.165) is 24.1 Å². The molecule has 1 unspecified atom stereocenters. The molecule has 216 valence electrons. The molecule has 0 saturated heterocycles. The maximum Gasteiger partial charge on any atom is 0.251 e. The van der Waals surface area contributed by atoms with Gasteiger partial charge in [-0.3, -0.25) is 9.59 Å². The van der Waals surface area contributed by atoms with Crippen LogP contribution in [0.4, 0.5) is 5.69 Å². The van der Waals surface area contributed by atoms with Crippen molar-refractivity contribution in [3.05, 3.63) is 99.5 Å². The van der Waals surface area contributed by atoms with Crippen LogP contribution in [0.5, 0.6) is 0 Å². The molecule has 0 fully saturated rings. The van der Waals surface area contributed by atoms with E-state index in [1.54, 1.807) is 18.2 Å². The predicted molar refractivity (Wildman–Crippen MR) is 170 cm³/mol. The number of halogens is 2. The van der Waals surface area contributed by atoms with Crippen molar-refractivity contribution in [2.45, 2.75) is 85.1 Å². The van der Waals surface area contributed by atoms with E-state index in [4.69, 9.17) is 23.2 Å². The maximum absolute atomic E-state index is 12.4. The highest BCUT2D eigenvalue weighted by Gasteiger charge is 2.16. The van der Waals surface area contributed by atoms with Crippen molar-refractivity contribution in [1.29, 1.82) is 0 Å². The SMILES string of the molecule is CCCC(CCC)c1cccc(NC(=O)C(C)C)c1.CCCC(NC(=O)c1cc(Cl)cc(Cl)c1)c1ccccc1. The Hall–Kier alpha value is -2.82. The van der Waals surface area contributed by atoms with Crippen LogP contribution in [0.2, 0.25) is 10.0 Å². The molecule has 0 aliphatic rings. The van der Waals surface area contributed by atoms with Gasteiger partial charge in [0.05, 0.1) is 6.04 Å². The summed E-state index contributed by atoms with van der Waals surface area (Å²) in [6, 6.07) is 23.1.